The Labute approximate surface area is 215 Å². The maximum atomic E-state index is 14.6. The maximum absolute atomic E-state index is 14.6. The second-order valence-corrected chi connectivity index (χ2v) is 8.45. The lowest BCUT2D eigenvalue weighted by Gasteiger charge is -2.20. The smallest absolute Gasteiger partial charge is 0.433 e. The van der Waals surface area contributed by atoms with E-state index in [-0.39, 0.29) is 12.1 Å². The summed E-state index contributed by atoms with van der Waals surface area (Å²) in [5.74, 6) is -12.7. The molecule has 0 atom stereocenters. The van der Waals surface area contributed by atoms with Gasteiger partial charge in [0, 0.05) is 12.1 Å². The summed E-state index contributed by atoms with van der Waals surface area (Å²) < 4.78 is 160. The first-order valence-electron chi connectivity index (χ1n) is 11.4. The summed E-state index contributed by atoms with van der Waals surface area (Å²) in [7, 11) is 0. The minimum atomic E-state index is -5.46. The van der Waals surface area contributed by atoms with E-state index in [2.05, 4.69) is 9.47 Å². The Hall–Kier alpha value is -3.51. The average Bonchev–Trinajstić information content (AvgIpc) is 2.76. The normalized spacial score (nSPS) is 12.1. The van der Waals surface area contributed by atoms with Gasteiger partial charge in [0.15, 0.2) is 24.0 Å². The standard InChI is InChI=1S/C26H19F11O2/c1-2-3-4-5-13-6-16(27)22(17(28)7-13)14-8-20(31)24(21(32)9-14)38-12-25(33,34)39-15-10-18(29)23(19(30)11-15)26(35,36)37/h6-11H,2-5,12H2,1H3. The number of ether oxygens (including phenoxy) is 2. The van der Waals surface area contributed by atoms with Crippen LogP contribution < -0.4 is 9.47 Å². The zero-order chi connectivity index (χ0) is 29.1. The molecule has 0 bridgehead atoms. The molecule has 0 fully saturated rings. The molecular formula is C26H19F11O2. The van der Waals surface area contributed by atoms with Crippen LogP contribution in [-0.4, -0.2) is 12.7 Å². The third-order valence-corrected chi connectivity index (χ3v) is 5.41. The third-order valence-electron chi connectivity index (χ3n) is 5.41. The highest BCUT2D eigenvalue weighted by atomic mass is 19.4. The predicted molar refractivity (Wildman–Crippen MR) is 117 cm³/mol. The monoisotopic (exact) mass is 572 g/mol. The molecular weight excluding hydrogens is 553 g/mol. The largest absolute Gasteiger partial charge is 0.477 e. The van der Waals surface area contributed by atoms with E-state index >= 15 is 0 Å². The van der Waals surface area contributed by atoms with E-state index in [0.717, 1.165) is 25.0 Å². The molecule has 0 saturated carbocycles. The molecule has 3 aromatic carbocycles. The SMILES string of the molecule is CCCCCc1cc(F)c(-c2cc(F)c(OCC(F)(F)Oc3cc(F)c(C(F)(F)F)c(F)c3)c(F)c2)c(F)c1. The van der Waals surface area contributed by atoms with E-state index in [0.29, 0.717) is 30.5 Å². The third kappa shape index (κ3) is 7.33. The predicted octanol–water partition coefficient (Wildman–Crippen LogP) is 8.99. The van der Waals surface area contributed by atoms with Crippen molar-refractivity contribution in [2.45, 2.75) is 44.9 Å². The molecule has 0 heterocycles. The second-order valence-electron chi connectivity index (χ2n) is 8.45. The number of unbranched alkanes of at least 4 members (excludes halogenated alkanes) is 2. The molecule has 0 amide bonds. The van der Waals surface area contributed by atoms with Crippen molar-refractivity contribution in [2.24, 2.45) is 0 Å². The van der Waals surface area contributed by atoms with Gasteiger partial charge < -0.3 is 9.47 Å². The zero-order valence-electron chi connectivity index (χ0n) is 20.0. The lowest BCUT2D eigenvalue weighted by Crippen LogP contribution is -2.33. The zero-order valence-corrected chi connectivity index (χ0v) is 20.0. The fraction of sp³-hybridized carbons (Fsp3) is 0.308. The summed E-state index contributed by atoms with van der Waals surface area (Å²) in [4.78, 5) is 0. The van der Waals surface area contributed by atoms with Crippen LogP contribution >= 0.6 is 0 Å². The van der Waals surface area contributed by atoms with E-state index < -0.39 is 82.0 Å². The van der Waals surface area contributed by atoms with Gasteiger partial charge in [-0.1, -0.05) is 19.8 Å². The van der Waals surface area contributed by atoms with Crippen molar-refractivity contribution in [3.8, 4) is 22.6 Å². The number of hydrogen-bond donors (Lipinski definition) is 0. The fourth-order valence-corrected chi connectivity index (χ4v) is 3.70. The first-order chi connectivity index (χ1) is 18.1. The minimum Gasteiger partial charge on any atom is -0.477 e. The van der Waals surface area contributed by atoms with Crippen LogP contribution in [0.5, 0.6) is 11.5 Å². The van der Waals surface area contributed by atoms with Crippen LogP contribution in [0.2, 0.25) is 0 Å². The van der Waals surface area contributed by atoms with E-state index in [1.54, 1.807) is 0 Å². The van der Waals surface area contributed by atoms with Crippen LogP contribution in [-0.2, 0) is 12.6 Å². The number of rotatable bonds is 10. The van der Waals surface area contributed by atoms with E-state index in [1.807, 2.05) is 6.92 Å². The molecule has 0 spiro atoms. The summed E-state index contributed by atoms with van der Waals surface area (Å²) in [6.07, 6.45) is -7.25. The molecule has 0 aromatic heterocycles. The van der Waals surface area contributed by atoms with Gasteiger partial charge in [0.2, 0.25) is 0 Å². The highest BCUT2D eigenvalue weighted by Gasteiger charge is 2.40. The first-order valence-corrected chi connectivity index (χ1v) is 11.4. The van der Waals surface area contributed by atoms with Gasteiger partial charge in [0.05, 0.1) is 5.56 Å². The van der Waals surface area contributed by atoms with E-state index in [9.17, 15) is 48.3 Å². The number of aryl methyl sites for hydroxylation is 1. The molecule has 212 valence electrons. The average molecular weight is 572 g/mol. The molecule has 0 aliphatic heterocycles. The molecule has 3 aromatic rings. The summed E-state index contributed by atoms with van der Waals surface area (Å²) in [6, 6.07) is 2.59. The van der Waals surface area contributed by atoms with Crippen molar-refractivity contribution >= 4 is 0 Å². The molecule has 0 N–H and O–H groups in total. The molecule has 0 aliphatic carbocycles. The van der Waals surface area contributed by atoms with Gasteiger partial charge in [-0.05, 0) is 48.2 Å². The quantitative estimate of drug-likeness (QED) is 0.178. The van der Waals surface area contributed by atoms with Crippen molar-refractivity contribution in [3.63, 3.8) is 0 Å². The second kappa shape index (κ2) is 11.7. The molecule has 39 heavy (non-hydrogen) atoms. The van der Waals surface area contributed by atoms with Crippen LogP contribution in [0.25, 0.3) is 11.1 Å². The fourth-order valence-electron chi connectivity index (χ4n) is 3.70. The molecule has 2 nitrogen and oxygen atoms in total. The van der Waals surface area contributed by atoms with E-state index in [4.69, 9.17) is 0 Å². The molecule has 13 heteroatoms. The Morgan fingerprint density at radius 2 is 1.21 bits per heavy atom. The van der Waals surface area contributed by atoms with Gasteiger partial charge in [0.1, 0.15) is 34.6 Å². The van der Waals surface area contributed by atoms with Crippen LogP contribution in [0.3, 0.4) is 0 Å². The molecule has 0 aliphatic rings. The summed E-state index contributed by atoms with van der Waals surface area (Å²) >= 11 is 0. The maximum Gasteiger partial charge on any atom is 0.433 e. The summed E-state index contributed by atoms with van der Waals surface area (Å²) in [5.41, 5.74) is -3.36. The lowest BCUT2D eigenvalue weighted by molar-refractivity contribution is -0.196. The van der Waals surface area contributed by atoms with Gasteiger partial charge in [-0.3, -0.25) is 0 Å². The molecule has 3 rings (SSSR count). The molecule has 0 saturated heterocycles. The van der Waals surface area contributed by atoms with Crippen molar-refractivity contribution in [3.05, 3.63) is 82.4 Å². The Bertz CT molecular complexity index is 1270. The van der Waals surface area contributed by atoms with Gasteiger partial charge in [-0.2, -0.15) is 22.0 Å². The van der Waals surface area contributed by atoms with Crippen LogP contribution in [0.1, 0.15) is 37.3 Å². The van der Waals surface area contributed by atoms with Crippen LogP contribution in [0.4, 0.5) is 48.3 Å². The Morgan fingerprint density at radius 1 is 0.667 bits per heavy atom. The van der Waals surface area contributed by atoms with Gasteiger partial charge in [-0.15, -0.1) is 0 Å². The van der Waals surface area contributed by atoms with Gasteiger partial charge in [-0.25, -0.2) is 26.3 Å². The lowest BCUT2D eigenvalue weighted by atomic mass is 9.99. The highest BCUT2D eigenvalue weighted by Crippen LogP contribution is 2.37. The topological polar surface area (TPSA) is 18.5 Å². The van der Waals surface area contributed by atoms with E-state index in [1.165, 1.54) is 0 Å². The Morgan fingerprint density at radius 3 is 1.69 bits per heavy atom. The van der Waals surface area contributed by atoms with Gasteiger partial charge in [0.25, 0.3) is 0 Å². The Balaban J connectivity index is 1.78. The van der Waals surface area contributed by atoms with Crippen molar-refractivity contribution in [1.82, 2.24) is 0 Å². The first kappa shape index (κ1) is 30.0. The number of halogens is 11. The summed E-state index contributed by atoms with van der Waals surface area (Å²) in [6.45, 7) is -0.0178. The van der Waals surface area contributed by atoms with Crippen molar-refractivity contribution in [2.75, 3.05) is 6.61 Å². The van der Waals surface area contributed by atoms with Crippen LogP contribution in [0, 0.1) is 34.9 Å². The number of benzene rings is 3. The molecule has 0 unspecified atom stereocenters. The number of alkyl halides is 5. The number of hydrogen-bond acceptors (Lipinski definition) is 2. The van der Waals surface area contributed by atoms with Crippen LogP contribution in [0.15, 0.2) is 36.4 Å². The highest BCUT2D eigenvalue weighted by molar-refractivity contribution is 5.66. The summed E-state index contributed by atoms with van der Waals surface area (Å²) in [5, 5.41) is 0. The van der Waals surface area contributed by atoms with Gasteiger partial charge >= 0.3 is 12.3 Å². The van der Waals surface area contributed by atoms with Crippen molar-refractivity contribution in [1.29, 1.82) is 0 Å². The Kier molecular flexibility index (Phi) is 9.01. The minimum absolute atomic E-state index is 0.159. The van der Waals surface area contributed by atoms with Crippen molar-refractivity contribution < 1.29 is 57.8 Å². The molecule has 0 radical (unpaired) electrons.